The fourth-order valence-corrected chi connectivity index (χ4v) is 2.42. The van der Waals surface area contributed by atoms with Crippen molar-refractivity contribution >= 4 is 6.34 Å². The van der Waals surface area contributed by atoms with Crippen LogP contribution in [0.25, 0.3) is 0 Å². The molecule has 0 aliphatic carbocycles. The molecule has 0 radical (unpaired) electrons. The molecular weight excluding hydrogens is 267 g/mol. The second-order valence-electron chi connectivity index (χ2n) is 2.85. The van der Waals surface area contributed by atoms with Gasteiger partial charge in [-0.2, -0.15) is 0 Å². The molecule has 12 heavy (non-hydrogen) atoms. The first-order valence-corrected chi connectivity index (χ1v) is 7.33. The van der Waals surface area contributed by atoms with Crippen molar-refractivity contribution in [2.45, 2.75) is 22.7 Å². The second kappa shape index (κ2) is 4.38. The summed E-state index contributed by atoms with van der Waals surface area (Å²) in [7, 11) is 1.92. The van der Waals surface area contributed by atoms with E-state index < -0.39 is 0 Å². The molecule has 0 bridgehead atoms. The summed E-state index contributed by atoms with van der Waals surface area (Å²) in [5.74, 6) is 0. The number of nitrogens with two attached hydrogens (primary N) is 1. The summed E-state index contributed by atoms with van der Waals surface area (Å²) >= 11 is 0.150. The molecule has 1 unspecified atom stereocenters. The van der Waals surface area contributed by atoms with E-state index in [0.29, 0.717) is 16.3 Å². The molecular formula is C7H16IN4-. The van der Waals surface area contributed by atoms with E-state index in [4.69, 9.17) is 11.1 Å². The van der Waals surface area contributed by atoms with Crippen LogP contribution in [0.4, 0.5) is 0 Å². The molecule has 4 nitrogen and oxygen atoms in total. The summed E-state index contributed by atoms with van der Waals surface area (Å²) in [6.45, 7) is 0. The van der Waals surface area contributed by atoms with Crippen LogP contribution in [0.2, 0.25) is 0 Å². The Kier molecular flexibility index (Phi) is 3.73. The first-order valence-electron chi connectivity index (χ1n) is 3.93. The number of nitrogens with one attached hydrogen (secondary N) is 2. The Morgan fingerprint density at radius 1 is 1.83 bits per heavy atom. The molecule has 0 aromatic carbocycles. The number of hydrogen-bond acceptors (Lipinski definition) is 3. The molecule has 72 valence electrons. The molecule has 0 aromatic heterocycles. The van der Waals surface area contributed by atoms with Crippen molar-refractivity contribution in [2.75, 3.05) is 12.0 Å². The van der Waals surface area contributed by atoms with E-state index in [0.717, 1.165) is 6.42 Å². The number of rotatable bonds is 5. The quantitative estimate of drug-likeness (QED) is 0.121. The topological polar surface area (TPSA) is 64.9 Å². The Labute approximate surface area is 83.6 Å². The number of likely N-dealkylation sites (N-methyl/N-ethyl adjacent to an activating group) is 1. The monoisotopic (exact) mass is 283 g/mol. The van der Waals surface area contributed by atoms with Crippen molar-refractivity contribution < 1.29 is 21.2 Å². The zero-order valence-corrected chi connectivity index (χ0v) is 9.58. The average Bonchev–Trinajstić information content (AvgIpc) is 2.77. The average molecular weight is 283 g/mol. The molecule has 0 saturated carbocycles. The van der Waals surface area contributed by atoms with Gasteiger partial charge in [-0.15, -0.1) is 0 Å². The fourth-order valence-electron chi connectivity index (χ4n) is 1.39. The van der Waals surface area contributed by atoms with Gasteiger partial charge < -0.3 is 0 Å². The molecule has 1 rings (SSSR count). The van der Waals surface area contributed by atoms with E-state index in [9.17, 15) is 0 Å². The maximum atomic E-state index is 7.11. The Hall–Kier alpha value is 0.120. The molecule has 0 amide bonds. The Bertz CT molecular complexity index is 163. The normalized spacial score (nSPS) is 30.4. The molecule has 1 aliphatic rings. The zero-order valence-electron chi connectivity index (χ0n) is 7.42. The minimum atomic E-state index is 0.150. The fraction of sp³-hybridized carbons (Fsp3) is 0.857. The van der Waals surface area contributed by atoms with Crippen LogP contribution in [0.15, 0.2) is 0 Å². The van der Waals surface area contributed by atoms with Crippen LogP contribution in [-0.2, 0) is 0 Å². The van der Waals surface area contributed by atoms with E-state index >= 15 is 0 Å². The molecule has 1 heterocycles. The van der Waals surface area contributed by atoms with Gasteiger partial charge in [0.2, 0.25) is 0 Å². The Morgan fingerprint density at radius 2 is 2.50 bits per heavy atom. The van der Waals surface area contributed by atoms with Gasteiger partial charge in [0.1, 0.15) is 0 Å². The van der Waals surface area contributed by atoms with Crippen LogP contribution in [0.3, 0.4) is 0 Å². The molecule has 0 aromatic rings. The first-order chi connectivity index (χ1) is 5.74. The van der Waals surface area contributed by atoms with Crippen LogP contribution in [-0.4, -0.2) is 39.5 Å². The molecule has 0 spiro atoms. The number of hydrogen-bond donors (Lipinski definition) is 3. The molecule has 1 fully saturated rings. The summed E-state index contributed by atoms with van der Waals surface area (Å²) in [6, 6.07) is 0.474. The Morgan fingerprint density at radius 3 is 2.83 bits per heavy atom. The van der Waals surface area contributed by atoms with E-state index in [1.54, 1.807) is 0 Å². The van der Waals surface area contributed by atoms with E-state index in [-0.39, 0.29) is 21.2 Å². The van der Waals surface area contributed by atoms with E-state index in [2.05, 4.69) is 10.2 Å². The predicted molar refractivity (Wildman–Crippen MR) is 45.8 cm³/mol. The van der Waals surface area contributed by atoms with Gasteiger partial charge in [-0.3, -0.25) is 0 Å². The minimum absolute atomic E-state index is 0.150. The summed E-state index contributed by atoms with van der Waals surface area (Å²) in [4.78, 5) is 4.20. The van der Waals surface area contributed by atoms with Gasteiger partial charge in [-0.1, -0.05) is 0 Å². The predicted octanol–water partition coefficient (Wildman–Crippen LogP) is -3.78. The molecule has 1 aliphatic heterocycles. The number of alkyl halides is 2. The molecule has 5 heteroatoms. The van der Waals surface area contributed by atoms with Crippen LogP contribution in [0.1, 0.15) is 6.42 Å². The first kappa shape index (κ1) is 10.2. The SMILES string of the molecule is CNC1[C@@H](C[C@@H](N)[I-]C)N1C=N. The standard InChI is InChI=1S/C7H16IN4/c1-8-6(10)3-5-7(11-2)12(5)4-9/h4-7,9,11H,3,10H2,1-2H3/q-1/t5-,6-,7?,12?/m1/s1. The van der Waals surface area contributed by atoms with Gasteiger partial charge in [0, 0.05) is 0 Å². The maximum absolute atomic E-state index is 7.11. The molecule has 1 saturated heterocycles. The third-order valence-corrected chi connectivity index (χ3v) is 4.28. The van der Waals surface area contributed by atoms with Crippen LogP contribution in [0, 0.1) is 5.41 Å². The van der Waals surface area contributed by atoms with Crippen LogP contribution >= 0.6 is 0 Å². The van der Waals surface area contributed by atoms with Crippen molar-refractivity contribution in [3.63, 3.8) is 0 Å². The molecule has 3 atom stereocenters. The number of halogens is 1. The third kappa shape index (κ3) is 2.08. The zero-order chi connectivity index (χ0) is 9.14. The van der Waals surface area contributed by atoms with Crippen molar-refractivity contribution in [3.8, 4) is 0 Å². The van der Waals surface area contributed by atoms with Crippen molar-refractivity contribution in [1.29, 1.82) is 5.41 Å². The number of nitrogens with zero attached hydrogens (tertiary/aromatic N) is 1. The van der Waals surface area contributed by atoms with Crippen LogP contribution < -0.4 is 32.3 Å². The van der Waals surface area contributed by atoms with Gasteiger partial charge >= 0.3 is 83.6 Å². The summed E-state index contributed by atoms with van der Waals surface area (Å²) in [5, 5.41) is 10.3. The second-order valence-corrected chi connectivity index (χ2v) is 5.69. The Balaban J connectivity index is 2.30. The third-order valence-electron chi connectivity index (χ3n) is 2.17. The van der Waals surface area contributed by atoms with E-state index in [1.807, 2.05) is 11.9 Å². The van der Waals surface area contributed by atoms with Gasteiger partial charge in [0.25, 0.3) is 0 Å². The van der Waals surface area contributed by atoms with Crippen LogP contribution in [0.5, 0.6) is 0 Å². The van der Waals surface area contributed by atoms with Gasteiger partial charge in [-0.05, 0) is 0 Å². The van der Waals surface area contributed by atoms with Gasteiger partial charge in [0.05, 0.1) is 0 Å². The van der Waals surface area contributed by atoms with Crippen molar-refractivity contribution in [2.24, 2.45) is 5.73 Å². The van der Waals surface area contributed by atoms with E-state index in [1.165, 1.54) is 6.34 Å². The van der Waals surface area contributed by atoms with Gasteiger partial charge in [-0.25, -0.2) is 0 Å². The molecule has 4 N–H and O–H groups in total. The summed E-state index contributed by atoms with van der Waals surface area (Å²) in [6.07, 6.45) is 2.79. The summed E-state index contributed by atoms with van der Waals surface area (Å²) in [5.41, 5.74) is 5.87. The summed E-state index contributed by atoms with van der Waals surface area (Å²) < 4.78 is 0.384. The van der Waals surface area contributed by atoms with Gasteiger partial charge in [0.15, 0.2) is 0 Å². The van der Waals surface area contributed by atoms with Crippen molar-refractivity contribution in [3.05, 3.63) is 0 Å². The van der Waals surface area contributed by atoms with Crippen molar-refractivity contribution in [1.82, 2.24) is 10.2 Å².